The minimum absolute atomic E-state index is 0.498. The summed E-state index contributed by atoms with van der Waals surface area (Å²) < 4.78 is 0. The first-order valence-corrected chi connectivity index (χ1v) is 3.54. The van der Waals surface area contributed by atoms with Crippen molar-refractivity contribution in [3.8, 4) is 0 Å². The molecule has 0 aromatic rings. The van der Waals surface area contributed by atoms with Crippen LogP contribution in [0, 0.1) is 0 Å². The normalized spacial score (nSPS) is 17.8. The zero-order chi connectivity index (χ0) is 7.72. The minimum atomic E-state index is 0.498. The third kappa shape index (κ3) is 1.15. The van der Waals surface area contributed by atoms with Gasteiger partial charge in [0.15, 0.2) is 0 Å². The molecule has 0 aromatic carbocycles. The highest BCUT2D eigenvalue weighted by atomic mass is 15.3. The Bertz CT molecular complexity index is 180. The van der Waals surface area contributed by atoms with Crippen LogP contribution in [-0.2, 0) is 0 Å². The third-order valence-electron chi connectivity index (χ3n) is 1.54. The number of nitrogens with one attached hydrogen (secondary N) is 1. The molecule has 0 saturated carbocycles. The zero-order valence-corrected chi connectivity index (χ0v) is 6.81. The van der Waals surface area contributed by atoms with E-state index in [0.717, 1.165) is 5.82 Å². The highest BCUT2D eigenvalue weighted by Crippen LogP contribution is 2.14. The molecule has 0 unspecified atom stereocenters. The van der Waals surface area contributed by atoms with Crippen LogP contribution in [0.3, 0.4) is 0 Å². The molecule has 0 fully saturated rings. The van der Waals surface area contributed by atoms with Crippen molar-refractivity contribution in [1.29, 1.82) is 0 Å². The molecule has 2 nitrogen and oxygen atoms in total. The Hall–Kier alpha value is -0.920. The molecule has 1 rings (SSSR count). The fourth-order valence-electron chi connectivity index (χ4n) is 1.07. The fourth-order valence-corrected chi connectivity index (χ4v) is 1.07. The summed E-state index contributed by atoms with van der Waals surface area (Å²) in [6, 6.07) is 0.498. The maximum absolute atomic E-state index is 3.87. The molecule has 1 aliphatic rings. The predicted octanol–water partition coefficient (Wildman–Crippen LogP) is 1.63. The molecule has 0 radical (unpaired) electrons. The summed E-state index contributed by atoms with van der Waals surface area (Å²) in [5.41, 5.74) is 1.17. The number of hydrogen-bond acceptors (Lipinski definition) is 2. The Morgan fingerprint density at radius 1 is 1.60 bits per heavy atom. The first-order valence-electron chi connectivity index (χ1n) is 3.54. The molecule has 1 aliphatic heterocycles. The van der Waals surface area contributed by atoms with Gasteiger partial charge in [0.2, 0.25) is 0 Å². The van der Waals surface area contributed by atoms with Gasteiger partial charge in [0.05, 0.1) is 0 Å². The summed E-state index contributed by atoms with van der Waals surface area (Å²) in [6.07, 6.45) is 2.08. The van der Waals surface area contributed by atoms with Crippen molar-refractivity contribution in [1.82, 2.24) is 10.2 Å². The van der Waals surface area contributed by atoms with Gasteiger partial charge in [-0.1, -0.05) is 6.58 Å². The van der Waals surface area contributed by atoms with E-state index in [9.17, 15) is 0 Å². The molecule has 0 saturated heterocycles. The third-order valence-corrected chi connectivity index (χ3v) is 1.54. The number of nitrogens with zero attached hydrogens (tertiary/aromatic N) is 1. The van der Waals surface area contributed by atoms with Crippen molar-refractivity contribution in [3.05, 3.63) is 24.3 Å². The first-order chi connectivity index (χ1) is 4.61. The smallest absolute Gasteiger partial charge is 0.102 e. The highest BCUT2D eigenvalue weighted by Gasteiger charge is 2.14. The maximum Gasteiger partial charge on any atom is 0.102 e. The van der Waals surface area contributed by atoms with Gasteiger partial charge in [-0.25, -0.2) is 0 Å². The molecule has 56 valence electrons. The molecule has 0 spiro atoms. The lowest BCUT2D eigenvalue weighted by Crippen LogP contribution is -2.24. The van der Waals surface area contributed by atoms with E-state index in [1.165, 1.54) is 5.70 Å². The van der Waals surface area contributed by atoms with Crippen molar-refractivity contribution < 1.29 is 0 Å². The molecular weight excluding hydrogens is 124 g/mol. The molecule has 0 aromatic heterocycles. The Balaban J connectivity index is 2.69. The molecule has 10 heavy (non-hydrogen) atoms. The van der Waals surface area contributed by atoms with Gasteiger partial charge in [-0.05, 0) is 20.8 Å². The van der Waals surface area contributed by atoms with E-state index < -0.39 is 0 Å². The molecule has 1 N–H and O–H groups in total. The molecule has 1 heterocycles. The lowest BCUT2D eigenvalue weighted by Gasteiger charge is -2.20. The lowest BCUT2D eigenvalue weighted by atomic mass is 10.3. The van der Waals surface area contributed by atoms with Crippen molar-refractivity contribution in [3.63, 3.8) is 0 Å². The molecular formula is C8H14N2. The largest absolute Gasteiger partial charge is 0.345 e. The maximum atomic E-state index is 3.87. The number of hydrogen-bond donors (Lipinski definition) is 1. The fraction of sp³-hybridized carbons (Fsp3) is 0.500. The molecule has 0 bridgehead atoms. The van der Waals surface area contributed by atoms with Crippen molar-refractivity contribution >= 4 is 0 Å². The van der Waals surface area contributed by atoms with Crippen LogP contribution in [0.4, 0.5) is 0 Å². The van der Waals surface area contributed by atoms with E-state index in [1.54, 1.807) is 0 Å². The summed E-state index contributed by atoms with van der Waals surface area (Å²) in [5, 5.41) is 3.14. The topological polar surface area (TPSA) is 15.3 Å². The summed E-state index contributed by atoms with van der Waals surface area (Å²) in [6.45, 7) is 10.2. The molecule has 0 aliphatic carbocycles. The van der Waals surface area contributed by atoms with Crippen LogP contribution in [0.2, 0.25) is 0 Å². The monoisotopic (exact) mass is 138 g/mol. The van der Waals surface area contributed by atoms with Crippen molar-refractivity contribution in [2.45, 2.75) is 26.8 Å². The predicted molar refractivity (Wildman–Crippen MR) is 43.0 cm³/mol. The van der Waals surface area contributed by atoms with E-state index in [0.29, 0.717) is 6.04 Å². The van der Waals surface area contributed by atoms with Gasteiger partial charge in [-0.15, -0.1) is 0 Å². The van der Waals surface area contributed by atoms with Gasteiger partial charge in [0.1, 0.15) is 5.82 Å². The summed E-state index contributed by atoms with van der Waals surface area (Å²) in [7, 11) is 0. The van der Waals surface area contributed by atoms with Gasteiger partial charge < -0.3 is 10.2 Å². The first kappa shape index (κ1) is 7.19. The van der Waals surface area contributed by atoms with Crippen molar-refractivity contribution in [2.24, 2.45) is 0 Å². The summed E-state index contributed by atoms with van der Waals surface area (Å²) >= 11 is 0. The van der Waals surface area contributed by atoms with Crippen LogP contribution in [-0.4, -0.2) is 10.9 Å². The van der Waals surface area contributed by atoms with E-state index in [2.05, 4.69) is 36.8 Å². The number of rotatable bonds is 1. The standard InChI is InChI=1S/C8H14N2/c1-6(2)10-5-7(3)9-8(10)4/h5-6,9H,4H2,1-3H3. The second-order valence-electron chi connectivity index (χ2n) is 2.88. The minimum Gasteiger partial charge on any atom is -0.345 e. The molecule has 2 heteroatoms. The van der Waals surface area contributed by atoms with Gasteiger partial charge in [0.25, 0.3) is 0 Å². The van der Waals surface area contributed by atoms with Crippen LogP contribution < -0.4 is 5.32 Å². The molecule has 0 amide bonds. The average molecular weight is 138 g/mol. The van der Waals surface area contributed by atoms with Crippen LogP contribution in [0.5, 0.6) is 0 Å². The Morgan fingerprint density at radius 2 is 2.20 bits per heavy atom. The van der Waals surface area contributed by atoms with E-state index in [1.807, 2.05) is 6.92 Å². The van der Waals surface area contributed by atoms with Crippen LogP contribution >= 0.6 is 0 Å². The van der Waals surface area contributed by atoms with Crippen LogP contribution in [0.1, 0.15) is 20.8 Å². The molecule has 0 atom stereocenters. The summed E-state index contributed by atoms with van der Waals surface area (Å²) in [4.78, 5) is 2.12. The summed E-state index contributed by atoms with van der Waals surface area (Å²) in [5.74, 6) is 0.979. The van der Waals surface area contributed by atoms with E-state index in [4.69, 9.17) is 0 Å². The van der Waals surface area contributed by atoms with E-state index >= 15 is 0 Å². The number of allylic oxidation sites excluding steroid dienone is 1. The average Bonchev–Trinajstić information content (AvgIpc) is 2.10. The van der Waals surface area contributed by atoms with Gasteiger partial charge in [0, 0.05) is 17.9 Å². The zero-order valence-electron chi connectivity index (χ0n) is 6.81. The quantitative estimate of drug-likeness (QED) is 0.592. The van der Waals surface area contributed by atoms with Crippen molar-refractivity contribution in [2.75, 3.05) is 0 Å². The highest BCUT2D eigenvalue weighted by molar-refractivity contribution is 5.16. The van der Waals surface area contributed by atoms with E-state index in [-0.39, 0.29) is 0 Å². The Morgan fingerprint density at radius 3 is 2.40 bits per heavy atom. The van der Waals surface area contributed by atoms with Gasteiger partial charge in [-0.3, -0.25) is 0 Å². The van der Waals surface area contributed by atoms with Crippen LogP contribution in [0.15, 0.2) is 24.3 Å². The Labute approximate surface area is 62.2 Å². The van der Waals surface area contributed by atoms with Gasteiger partial charge >= 0.3 is 0 Å². The SMILES string of the molecule is C=C1NC(C)=CN1C(C)C. The van der Waals surface area contributed by atoms with Gasteiger partial charge in [-0.2, -0.15) is 0 Å². The second kappa shape index (κ2) is 2.37. The second-order valence-corrected chi connectivity index (χ2v) is 2.88. The Kier molecular flexibility index (Phi) is 1.70. The van der Waals surface area contributed by atoms with Crippen LogP contribution in [0.25, 0.3) is 0 Å². The lowest BCUT2D eigenvalue weighted by molar-refractivity contribution is 0.389.